The molecule has 1 N–H and O–H groups in total. The predicted molar refractivity (Wildman–Crippen MR) is 77.0 cm³/mol. The Balaban J connectivity index is 1.61. The van der Waals surface area contributed by atoms with Gasteiger partial charge in [0, 0.05) is 6.04 Å². The van der Waals surface area contributed by atoms with E-state index in [9.17, 15) is 0 Å². The van der Waals surface area contributed by atoms with Crippen LogP contribution in [0.2, 0.25) is 0 Å². The van der Waals surface area contributed by atoms with Crippen molar-refractivity contribution in [2.45, 2.75) is 63.3 Å². The summed E-state index contributed by atoms with van der Waals surface area (Å²) in [6.07, 6.45) is 7.93. The van der Waals surface area contributed by atoms with Gasteiger partial charge in [-0.25, -0.2) is 0 Å². The minimum Gasteiger partial charge on any atom is -0.338 e. The van der Waals surface area contributed by atoms with E-state index < -0.39 is 0 Å². The first-order chi connectivity index (χ1) is 9.36. The van der Waals surface area contributed by atoms with Crippen LogP contribution in [0.25, 0.3) is 0 Å². The van der Waals surface area contributed by atoms with Gasteiger partial charge in [0.25, 0.3) is 0 Å². The zero-order chi connectivity index (χ0) is 13.1. The van der Waals surface area contributed by atoms with Crippen LogP contribution in [-0.4, -0.2) is 21.9 Å². The van der Waals surface area contributed by atoms with Crippen LogP contribution >= 0.6 is 11.8 Å². The van der Waals surface area contributed by atoms with E-state index in [4.69, 9.17) is 4.52 Å². The molecule has 0 amide bonds. The molecule has 0 spiro atoms. The molecule has 3 atom stereocenters. The molecule has 3 unspecified atom stereocenters. The van der Waals surface area contributed by atoms with Crippen LogP contribution in [0.3, 0.4) is 0 Å². The zero-order valence-corrected chi connectivity index (χ0v) is 12.4. The molecule has 1 aromatic heterocycles. The second-order valence-electron chi connectivity index (χ2n) is 5.63. The average Bonchev–Trinajstić information content (AvgIpc) is 2.93. The van der Waals surface area contributed by atoms with Crippen LogP contribution in [0.1, 0.15) is 63.2 Å². The first-order valence-corrected chi connectivity index (χ1v) is 8.68. The highest BCUT2D eigenvalue weighted by Crippen LogP contribution is 2.36. The number of hydrogen-bond acceptors (Lipinski definition) is 5. The van der Waals surface area contributed by atoms with Crippen molar-refractivity contribution in [3.63, 3.8) is 0 Å². The Hall–Kier alpha value is -0.550. The summed E-state index contributed by atoms with van der Waals surface area (Å²) >= 11 is 1.83. The lowest BCUT2D eigenvalue weighted by Gasteiger charge is -2.39. The van der Waals surface area contributed by atoms with Gasteiger partial charge < -0.3 is 9.84 Å². The number of thioether (sulfide) groups is 1. The second kappa shape index (κ2) is 6.27. The number of nitrogens with one attached hydrogen (secondary N) is 1. The predicted octanol–water partition coefficient (Wildman–Crippen LogP) is 3.31. The van der Waals surface area contributed by atoms with Crippen molar-refractivity contribution in [3.05, 3.63) is 11.7 Å². The van der Waals surface area contributed by atoms with E-state index in [-0.39, 0.29) is 6.04 Å². The maximum Gasteiger partial charge on any atom is 0.243 e. The minimum absolute atomic E-state index is 0.284. The maximum absolute atomic E-state index is 5.44. The molecular weight excluding hydrogens is 258 g/mol. The molecule has 1 aliphatic carbocycles. The number of fused-ring (bicyclic) bond motifs is 1. The van der Waals surface area contributed by atoms with Crippen molar-refractivity contribution >= 4 is 11.8 Å². The first-order valence-electron chi connectivity index (χ1n) is 7.53. The minimum atomic E-state index is 0.284. The average molecular weight is 281 g/mol. The molecule has 1 saturated heterocycles. The van der Waals surface area contributed by atoms with E-state index in [2.05, 4.69) is 22.4 Å². The summed E-state index contributed by atoms with van der Waals surface area (Å²) in [5.41, 5.74) is 0. The summed E-state index contributed by atoms with van der Waals surface area (Å²) in [6, 6.07) is 0.958. The summed E-state index contributed by atoms with van der Waals surface area (Å²) in [5.74, 6) is 4.47. The third kappa shape index (κ3) is 3.14. The molecule has 0 aromatic carbocycles. The summed E-state index contributed by atoms with van der Waals surface area (Å²) < 4.78 is 5.44. The van der Waals surface area contributed by atoms with Gasteiger partial charge in [-0.15, -0.1) is 0 Å². The summed E-state index contributed by atoms with van der Waals surface area (Å²) in [4.78, 5) is 4.55. The molecule has 5 heteroatoms. The Morgan fingerprint density at radius 1 is 1.26 bits per heavy atom. The SMILES string of the molecule is CCSCc1noc(C2CCC3CCCCC3N2)n1. The van der Waals surface area contributed by atoms with Gasteiger partial charge in [0.05, 0.1) is 11.8 Å². The Morgan fingerprint density at radius 3 is 3.05 bits per heavy atom. The Labute approximate surface area is 119 Å². The maximum atomic E-state index is 5.44. The first kappa shape index (κ1) is 13.4. The van der Waals surface area contributed by atoms with Crippen molar-refractivity contribution in [2.75, 3.05) is 5.75 Å². The Kier molecular flexibility index (Phi) is 4.43. The van der Waals surface area contributed by atoms with Crippen LogP contribution in [0, 0.1) is 5.92 Å². The molecule has 1 aromatic rings. The zero-order valence-electron chi connectivity index (χ0n) is 11.6. The molecule has 1 saturated carbocycles. The van der Waals surface area contributed by atoms with Crippen molar-refractivity contribution in [1.29, 1.82) is 0 Å². The Morgan fingerprint density at radius 2 is 2.16 bits per heavy atom. The molecule has 2 heterocycles. The van der Waals surface area contributed by atoms with Crippen molar-refractivity contribution < 1.29 is 4.52 Å². The molecule has 3 rings (SSSR count). The fourth-order valence-corrected chi connectivity index (χ4v) is 3.85. The van der Waals surface area contributed by atoms with Gasteiger partial charge in [0.2, 0.25) is 5.89 Å². The van der Waals surface area contributed by atoms with E-state index in [0.717, 1.165) is 35.6 Å². The van der Waals surface area contributed by atoms with Crippen LogP contribution < -0.4 is 5.32 Å². The van der Waals surface area contributed by atoms with E-state index in [1.807, 2.05) is 11.8 Å². The summed E-state index contributed by atoms with van der Waals surface area (Å²) in [7, 11) is 0. The van der Waals surface area contributed by atoms with Crippen molar-refractivity contribution in [1.82, 2.24) is 15.5 Å². The molecule has 0 radical (unpaired) electrons. The highest BCUT2D eigenvalue weighted by Gasteiger charge is 2.34. The number of rotatable bonds is 4. The standard InChI is InChI=1S/C14H23N3OS/c1-2-19-9-13-16-14(18-17-13)12-8-7-10-5-3-4-6-11(10)15-12/h10-12,15H,2-9H2,1H3. The van der Waals surface area contributed by atoms with Crippen LogP contribution in [0.15, 0.2) is 4.52 Å². The normalized spacial score (nSPS) is 31.1. The Bertz CT molecular complexity index is 409. The van der Waals surface area contributed by atoms with E-state index >= 15 is 0 Å². The van der Waals surface area contributed by atoms with Gasteiger partial charge in [-0.3, -0.25) is 0 Å². The third-order valence-corrected chi connectivity index (χ3v) is 5.24. The van der Waals surface area contributed by atoms with E-state index in [1.165, 1.54) is 32.1 Å². The van der Waals surface area contributed by atoms with Gasteiger partial charge in [0.1, 0.15) is 0 Å². The molecule has 1 aliphatic heterocycles. The van der Waals surface area contributed by atoms with E-state index in [1.54, 1.807) is 0 Å². The van der Waals surface area contributed by atoms with Gasteiger partial charge in [-0.05, 0) is 37.4 Å². The highest BCUT2D eigenvalue weighted by atomic mass is 32.2. The van der Waals surface area contributed by atoms with Gasteiger partial charge in [-0.1, -0.05) is 24.9 Å². The number of piperidine rings is 1. The van der Waals surface area contributed by atoms with Gasteiger partial charge in [0.15, 0.2) is 5.82 Å². The fraction of sp³-hybridized carbons (Fsp3) is 0.857. The lowest BCUT2D eigenvalue weighted by atomic mass is 9.78. The molecule has 106 valence electrons. The monoisotopic (exact) mass is 281 g/mol. The number of aromatic nitrogens is 2. The highest BCUT2D eigenvalue weighted by molar-refractivity contribution is 7.98. The van der Waals surface area contributed by atoms with Crippen molar-refractivity contribution in [3.8, 4) is 0 Å². The fourth-order valence-electron chi connectivity index (χ4n) is 3.35. The van der Waals surface area contributed by atoms with Crippen LogP contribution in [0.5, 0.6) is 0 Å². The number of nitrogens with zero attached hydrogens (tertiary/aromatic N) is 2. The smallest absolute Gasteiger partial charge is 0.243 e. The summed E-state index contributed by atoms with van der Waals surface area (Å²) in [6.45, 7) is 2.15. The third-order valence-electron chi connectivity index (χ3n) is 4.37. The van der Waals surface area contributed by atoms with Gasteiger partial charge in [-0.2, -0.15) is 16.7 Å². The molecule has 2 fully saturated rings. The lowest BCUT2D eigenvalue weighted by molar-refractivity contribution is 0.158. The van der Waals surface area contributed by atoms with Crippen LogP contribution in [0.4, 0.5) is 0 Å². The molecule has 19 heavy (non-hydrogen) atoms. The molecular formula is C14H23N3OS. The number of hydrogen-bond donors (Lipinski definition) is 1. The van der Waals surface area contributed by atoms with E-state index in [0.29, 0.717) is 6.04 Å². The van der Waals surface area contributed by atoms with Gasteiger partial charge >= 0.3 is 0 Å². The molecule has 0 bridgehead atoms. The van der Waals surface area contributed by atoms with Crippen molar-refractivity contribution in [2.24, 2.45) is 5.92 Å². The lowest BCUT2D eigenvalue weighted by Crippen LogP contribution is -2.44. The summed E-state index contributed by atoms with van der Waals surface area (Å²) in [5, 5.41) is 7.82. The molecule has 4 nitrogen and oxygen atoms in total. The largest absolute Gasteiger partial charge is 0.338 e. The second-order valence-corrected chi connectivity index (χ2v) is 6.91. The molecule has 2 aliphatic rings. The topological polar surface area (TPSA) is 51.0 Å². The van der Waals surface area contributed by atoms with Crippen LogP contribution in [-0.2, 0) is 5.75 Å². The quantitative estimate of drug-likeness (QED) is 0.917.